The zero-order valence-corrected chi connectivity index (χ0v) is 16.3. The Hall–Kier alpha value is -3.31. The third-order valence-corrected chi connectivity index (χ3v) is 5.12. The van der Waals surface area contributed by atoms with Crippen molar-refractivity contribution in [3.05, 3.63) is 63.4 Å². The van der Waals surface area contributed by atoms with Gasteiger partial charge in [-0.05, 0) is 53.9 Å². The lowest BCUT2D eigenvalue weighted by atomic mass is 10.2. The highest BCUT2D eigenvalue weighted by molar-refractivity contribution is 7.08. The lowest BCUT2D eigenvalue weighted by Gasteiger charge is -2.12. The lowest BCUT2D eigenvalue weighted by Crippen LogP contribution is -2.23. The van der Waals surface area contributed by atoms with Crippen molar-refractivity contribution in [2.75, 3.05) is 11.9 Å². The summed E-state index contributed by atoms with van der Waals surface area (Å²) < 4.78 is 12.2. The molecule has 0 radical (unpaired) electrons. The van der Waals surface area contributed by atoms with E-state index in [-0.39, 0.29) is 6.42 Å². The number of hydrogen-bond donors (Lipinski definition) is 1. The van der Waals surface area contributed by atoms with Gasteiger partial charge in [0, 0.05) is 5.69 Å². The average molecular weight is 397 g/mol. The molecule has 0 bridgehead atoms. The molecule has 1 N–H and O–H groups in total. The van der Waals surface area contributed by atoms with E-state index in [1.54, 1.807) is 16.9 Å². The number of furan rings is 1. The normalized spacial score (nSPS) is 10.5. The quantitative estimate of drug-likeness (QED) is 0.616. The molecule has 7 nitrogen and oxygen atoms in total. The summed E-state index contributed by atoms with van der Waals surface area (Å²) in [4.78, 5) is 24.2. The highest BCUT2D eigenvalue weighted by Crippen LogP contribution is 2.27. The monoisotopic (exact) mass is 397 g/mol. The molecule has 3 aromatic rings. The number of nitrogens with zero attached hydrogens (tertiary/aromatic N) is 2. The maximum Gasteiger partial charge on any atom is 0.310 e. The van der Waals surface area contributed by atoms with Crippen LogP contribution in [-0.2, 0) is 27.3 Å². The Morgan fingerprint density at radius 3 is 2.82 bits per heavy atom. The molecule has 0 saturated carbocycles. The molecule has 0 atom stereocenters. The zero-order valence-electron chi connectivity index (χ0n) is 15.5. The predicted octanol–water partition coefficient (Wildman–Crippen LogP) is 3.40. The second-order valence-electron chi connectivity index (χ2n) is 6.23. The molecule has 28 heavy (non-hydrogen) atoms. The first-order chi connectivity index (χ1) is 13.5. The Balaban J connectivity index is 1.70. The first-order valence-corrected chi connectivity index (χ1v) is 9.52. The molecule has 0 aromatic carbocycles. The van der Waals surface area contributed by atoms with Crippen molar-refractivity contribution in [1.82, 2.24) is 4.57 Å². The molecular formula is C20H19N3O4S. The van der Waals surface area contributed by atoms with Gasteiger partial charge in [0.15, 0.2) is 6.61 Å². The third kappa shape index (κ3) is 4.32. The van der Waals surface area contributed by atoms with Gasteiger partial charge in [0.1, 0.15) is 17.6 Å². The molecule has 0 unspecified atom stereocenters. The molecule has 144 valence electrons. The van der Waals surface area contributed by atoms with Crippen LogP contribution in [-0.4, -0.2) is 23.1 Å². The molecule has 8 heteroatoms. The number of hydrogen-bond acceptors (Lipinski definition) is 6. The minimum Gasteiger partial charge on any atom is -0.467 e. The summed E-state index contributed by atoms with van der Waals surface area (Å²) in [6.07, 6.45) is 1.69. The van der Waals surface area contributed by atoms with Crippen molar-refractivity contribution in [1.29, 1.82) is 5.26 Å². The average Bonchev–Trinajstić information content (AvgIpc) is 3.40. The summed E-state index contributed by atoms with van der Waals surface area (Å²) >= 11 is 1.49. The fraction of sp³-hybridized carbons (Fsp3) is 0.250. The van der Waals surface area contributed by atoms with Crippen molar-refractivity contribution >= 4 is 29.0 Å². The molecule has 1 amide bonds. The molecule has 0 aliphatic heterocycles. The third-order valence-electron chi connectivity index (χ3n) is 4.39. The molecule has 3 rings (SSSR count). The molecule has 3 heterocycles. The largest absolute Gasteiger partial charge is 0.467 e. The Bertz CT molecular complexity index is 1010. The van der Waals surface area contributed by atoms with Gasteiger partial charge in [0.2, 0.25) is 0 Å². The van der Waals surface area contributed by atoms with Crippen LogP contribution in [0.25, 0.3) is 0 Å². The molecule has 3 aromatic heterocycles. The van der Waals surface area contributed by atoms with Crippen LogP contribution in [0.2, 0.25) is 0 Å². The number of ether oxygens (including phenoxy) is 1. The summed E-state index contributed by atoms with van der Waals surface area (Å²) in [5.74, 6) is 0.0776. The standard InChI is InChI=1S/C20H19N3O4S/c1-13-14(2)23(10-16-4-3-6-26-16)20(17(13)9-21)22-18(24)11-27-19(25)8-15-5-7-28-12-15/h3-7,12H,8,10-11H2,1-2H3,(H,22,24). The van der Waals surface area contributed by atoms with Gasteiger partial charge in [-0.15, -0.1) is 0 Å². The van der Waals surface area contributed by atoms with Crippen LogP contribution < -0.4 is 5.32 Å². The fourth-order valence-corrected chi connectivity index (χ4v) is 3.48. The topological polar surface area (TPSA) is 97.3 Å². The van der Waals surface area contributed by atoms with E-state index in [1.165, 1.54) is 11.3 Å². The number of rotatable bonds is 7. The van der Waals surface area contributed by atoms with Crippen LogP contribution in [0.3, 0.4) is 0 Å². The number of amides is 1. The van der Waals surface area contributed by atoms with Crippen molar-refractivity contribution in [3.8, 4) is 6.07 Å². The van der Waals surface area contributed by atoms with Crippen molar-refractivity contribution in [2.45, 2.75) is 26.8 Å². The minimum atomic E-state index is -0.506. The van der Waals surface area contributed by atoms with E-state index in [1.807, 2.05) is 36.7 Å². The number of esters is 1. The predicted molar refractivity (Wildman–Crippen MR) is 104 cm³/mol. The van der Waals surface area contributed by atoms with E-state index in [9.17, 15) is 14.9 Å². The Morgan fingerprint density at radius 1 is 1.36 bits per heavy atom. The molecule has 0 aliphatic rings. The van der Waals surface area contributed by atoms with Gasteiger partial charge in [-0.25, -0.2) is 0 Å². The number of nitrogens with one attached hydrogen (secondary N) is 1. The lowest BCUT2D eigenvalue weighted by molar-refractivity contribution is -0.146. The van der Waals surface area contributed by atoms with E-state index in [0.29, 0.717) is 23.7 Å². The Morgan fingerprint density at radius 2 is 2.18 bits per heavy atom. The first kappa shape index (κ1) is 19.5. The van der Waals surface area contributed by atoms with Gasteiger partial charge >= 0.3 is 5.97 Å². The molecule has 0 fully saturated rings. The van der Waals surface area contributed by atoms with Gasteiger partial charge in [-0.3, -0.25) is 9.59 Å². The maximum atomic E-state index is 12.3. The second kappa shape index (κ2) is 8.59. The number of carbonyl (C=O) groups excluding carboxylic acids is 2. The van der Waals surface area contributed by atoms with Crippen LogP contribution >= 0.6 is 11.3 Å². The zero-order chi connectivity index (χ0) is 20.1. The minimum absolute atomic E-state index is 0.118. The Labute approximate surface area is 166 Å². The van der Waals surface area contributed by atoms with Gasteiger partial charge in [0.25, 0.3) is 5.91 Å². The summed E-state index contributed by atoms with van der Waals surface area (Å²) in [5.41, 5.74) is 2.85. The number of anilines is 1. The molecule has 0 aliphatic carbocycles. The summed E-state index contributed by atoms with van der Waals surface area (Å²) in [6.45, 7) is 3.64. The van der Waals surface area contributed by atoms with Crippen LogP contribution in [0.15, 0.2) is 39.6 Å². The van der Waals surface area contributed by atoms with Crippen LogP contribution in [0.5, 0.6) is 0 Å². The fourth-order valence-electron chi connectivity index (χ4n) is 2.81. The highest BCUT2D eigenvalue weighted by atomic mass is 32.1. The van der Waals surface area contributed by atoms with Gasteiger partial charge in [0.05, 0.1) is 24.8 Å². The van der Waals surface area contributed by atoms with E-state index < -0.39 is 18.5 Å². The summed E-state index contributed by atoms with van der Waals surface area (Å²) in [7, 11) is 0. The van der Waals surface area contributed by atoms with Crippen molar-refractivity contribution in [3.63, 3.8) is 0 Å². The number of nitriles is 1. The second-order valence-corrected chi connectivity index (χ2v) is 7.01. The van der Waals surface area contributed by atoms with Gasteiger partial charge in [-0.1, -0.05) is 0 Å². The molecule has 0 saturated heterocycles. The molecular weight excluding hydrogens is 378 g/mol. The van der Waals surface area contributed by atoms with E-state index in [2.05, 4.69) is 11.4 Å². The van der Waals surface area contributed by atoms with E-state index in [0.717, 1.165) is 16.8 Å². The maximum absolute atomic E-state index is 12.3. The smallest absolute Gasteiger partial charge is 0.310 e. The van der Waals surface area contributed by atoms with Crippen LogP contribution in [0.1, 0.15) is 28.1 Å². The highest BCUT2D eigenvalue weighted by Gasteiger charge is 2.21. The summed E-state index contributed by atoms with van der Waals surface area (Å²) in [5, 5.41) is 15.9. The van der Waals surface area contributed by atoms with Gasteiger partial charge in [-0.2, -0.15) is 16.6 Å². The Kier molecular flexibility index (Phi) is 5.96. The number of carbonyl (C=O) groups is 2. The van der Waals surface area contributed by atoms with E-state index in [4.69, 9.17) is 9.15 Å². The van der Waals surface area contributed by atoms with Crippen LogP contribution in [0, 0.1) is 25.2 Å². The number of thiophene rings is 1. The number of aromatic nitrogens is 1. The van der Waals surface area contributed by atoms with Crippen LogP contribution in [0.4, 0.5) is 5.82 Å². The van der Waals surface area contributed by atoms with Crippen molar-refractivity contribution < 1.29 is 18.7 Å². The van der Waals surface area contributed by atoms with Crippen molar-refractivity contribution in [2.24, 2.45) is 0 Å². The van der Waals surface area contributed by atoms with Gasteiger partial charge < -0.3 is 19.0 Å². The summed E-state index contributed by atoms with van der Waals surface area (Å²) in [6, 6.07) is 7.56. The SMILES string of the molecule is Cc1c(C#N)c(NC(=O)COC(=O)Cc2ccsc2)n(Cc2ccco2)c1C. The van der Waals surface area contributed by atoms with E-state index >= 15 is 0 Å². The first-order valence-electron chi connectivity index (χ1n) is 8.58. The molecule has 0 spiro atoms.